The van der Waals surface area contributed by atoms with Crippen molar-refractivity contribution in [3.05, 3.63) is 75.4 Å². The van der Waals surface area contributed by atoms with Gasteiger partial charge in [-0.25, -0.2) is 4.39 Å². The Morgan fingerprint density at radius 1 is 1.46 bits per heavy atom. The highest BCUT2D eigenvalue weighted by molar-refractivity contribution is 6.46. The predicted molar refractivity (Wildman–Crippen MR) is 114 cm³/mol. The molecule has 0 fully saturated rings. The molecule has 3 rings (SSSR count). The second-order valence-corrected chi connectivity index (χ2v) is 9.28. The van der Waals surface area contributed by atoms with Crippen LogP contribution >= 0.6 is 34.8 Å². The maximum Gasteiger partial charge on any atom is 0.253 e. The van der Waals surface area contributed by atoms with Crippen LogP contribution in [0, 0.1) is 11.3 Å². The van der Waals surface area contributed by atoms with Gasteiger partial charge in [0.2, 0.25) is 4.46 Å². The zero-order valence-corrected chi connectivity index (χ0v) is 17.6. The van der Waals surface area contributed by atoms with Gasteiger partial charge in [0.25, 0.3) is 5.56 Å². The number of alkyl halides is 3. The summed E-state index contributed by atoms with van der Waals surface area (Å²) in [6, 6.07) is 3.09. The van der Waals surface area contributed by atoms with Crippen molar-refractivity contribution in [1.82, 2.24) is 4.57 Å². The third-order valence-electron chi connectivity index (χ3n) is 5.51. The number of rotatable bonds is 5. The molecular weight excluding hydrogens is 424 g/mol. The van der Waals surface area contributed by atoms with Crippen LogP contribution in [0.5, 0.6) is 0 Å². The van der Waals surface area contributed by atoms with Gasteiger partial charge >= 0.3 is 0 Å². The molecule has 0 amide bonds. The lowest BCUT2D eigenvalue weighted by Gasteiger charge is -2.38. The quantitative estimate of drug-likeness (QED) is 0.446. The first kappa shape index (κ1) is 21.2. The lowest BCUT2D eigenvalue weighted by molar-refractivity contribution is 0.179. The van der Waals surface area contributed by atoms with E-state index in [1.165, 1.54) is 22.8 Å². The number of aliphatic hydroxyl groups excluding tert-OH is 1. The summed E-state index contributed by atoms with van der Waals surface area (Å²) >= 11 is 19.3. The molecule has 2 aliphatic rings. The highest BCUT2D eigenvalue weighted by Crippen LogP contribution is 2.52. The molecule has 7 heteroatoms. The molecule has 0 aromatic carbocycles. The highest BCUT2D eigenvalue weighted by Gasteiger charge is 2.46. The van der Waals surface area contributed by atoms with Gasteiger partial charge in [-0.3, -0.25) is 9.36 Å². The number of hydrogen-bond donors (Lipinski definition) is 1. The number of aliphatic hydroxyl groups is 1. The van der Waals surface area contributed by atoms with E-state index in [9.17, 15) is 14.3 Å². The Morgan fingerprint density at radius 2 is 2.18 bits per heavy atom. The van der Waals surface area contributed by atoms with E-state index >= 15 is 0 Å². The molecular formula is C21H21Cl3FNO2. The van der Waals surface area contributed by atoms with Crippen molar-refractivity contribution >= 4 is 40.9 Å². The fourth-order valence-corrected chi connectivity index (χ4v) is 4.87. The van der Waals surface area contributed by atoms with Crippen molar-refractivity contribution in [1.29, 1.82) is 0 Å². The summed E-state index contributed by atoms with van der Waals surface area (Å²) in [5.74, 6) is -0.378. The average Bonchev–Trinajstić information content (AvgIpc) is 2.86. The van der Waals surface area contributed by atoms with E-state index in [4.69, 9.17) is 34.8 Å². The van der Waals surface area contributed by atoms with Gasteiger partial charge in [-0.15, -0.1) is 0 Å². The molecule has 0 spiro atoms. The smallest absolute Gasteiger partial charge is 0.253 e. The molecule has 150 valence electrons. The van der Waals surface area contributed by atoms with Crippen LogP contribution in [-0.2, 0) is 10.9 Å². The largest absolute Gasteiger partial charge is 0.512 e. The Kier molecular flexibility index (Phi) is 5.86. The molecule has 1 aromatic rings. The van der Waals surface area contributed by atoms with Crippen LogP contribution in [0.15, 0.2) is 58.6 Å². The maximum absolute atomic E-state index is 13.9. The number of halogens is 4. The van der Waals surface area contributed by atoms with Gasteiger partial charge in [-0.2, -0.15) is 0 Å². The van der Waals surface area contributed by atoms with E-state index in [0.717, 1.165) is 5.56 Å². The Hall–Kier alpha value is -1.49. The van der Waals surface area contributed by atoms with Crippen molar-refractivity contribution in [2.24, 2.45) is 11.3 Å². The SMILES string of the molecule is C=C/C=C\CC(Cl)(Cl)n1c2c(ccc1=O)C[C@@H](C1(C)CC(F)C=C1Cl)C(O)=C2. The summed E-state index contributed by atoms with van der Waals surface area (Å²) in [4.78, 5) is 12.5. The van der Waals surface area contributed by atoms with E-state index in [1.807, 2.05) is 6.92 Å². The molecule has 2 unspecified atom stereocenters. The zero-order chi connectivity index (χ0) is 20.7. The van der Waals surface area contributed by atoms with Crippen LogP contribution in [0.4, 0.5) is 4.39 Å². The van der Waals surface area contributed by atoms with Gasteiger partial charge in [0.05, 0.1) is 11.5 Å². The van der Waals surface area contributed by atoms with Gasteiger partial charge in [0.1, 0.15) is 6.17 Å². The van der Waals surface area contributed by atoms with E-state index < -0.39 is 22.0 Å². The van der Waals surface area contributed by atoms with Gasteiger partial charge in [0, 0.05) is 34.9 Å². The second-order valence-electron chi connectivity index (χ2n) is 7.43. The van der Waals surface area contributed by atoms with Crippen molar-refractivity contribution in [3.8, 4) is 0 Å². The monoisotopic (exact) mass is 443 g/mol. The lowest BCUT2D eigenvalue weighted by atomic mass is 9.70. The van der Waals surface area contributed by atoms with Gasteiger partial charge in [-0.05, 0) is 24.5 Å². The first-order chi connectivity index (χ1) is 13.1. The molecule has 0 aliphatic heterocycles. The standard InChI is InChI=1S/C21H21Cl3FNO2/c1-3-4-5-8-21(23,24)26-16-11-17(27)15(9-13(16)6-7-19(26)28)20(2)12-14(25)10-18(20)22/h3-7,10-11,14-15,27H,1,8-9,12H2,2H3/b5-4-/t14?,15-,20?/m1/s1. The summed E-state index contributed by atoms with van der Waals surface area (Å²) in [5.41, 5.74) is 0.129. The van der Waals surface area contributed by atoms with Crippen LogP contribution in [0.25, 0.3) is 6.08 Å². The van der Waals surface area contributed by atoms with E-state index in [1.54, 1.807) is 24.3 Å². The van der Waals surface area contributed by atoms with Crippen molar-refractivity contribution in [3.63, 3.8) is 0 Å². The van der Waals surface area contributed by atoms with Crippen LogP contribution in [0.1, 0.15) is 31.0 Å². The molecule has 1 heterocycles. The Balaban J connectivity index is 2.05. The maximum atomic E-state index is 13.9. The fourth-order valence-electron chi connectivity index (χ4n) is 3.99. The zero-order valence-electron chi connectivity index (χ0n) is 15.3. The van der Waals surface area contributed by atoms with Crippen molar-refractivity contribution in [2.45, 2.75) is 36.8 Å². The highest BCUT2D eigenvalue weighted by atomic mass is 35.5. The molecule has 1 aromatic heterocycles. The Bertz CT molecular complexity index is 947. The number of nitrogens with zero attached hydrogens (tertiary/aromatic N) is 1. The number of pyridine rings is 1. The number of hydrogen-bond acceptors (Lipinski definition) is 2. The van der Waals surface area contributed by atoms with Crippen LogP contribution in [-0.4, -0.2) is 15.8 Å². The molecule has 0 radical (unpaired) electrons. The van der Waals surface area contributed by atoms with Crippen LogP contribution in [0.2, 0.25) is 0 Å². The Morgan fingerprint density at radius 3 is 2.79 bits per heavy atom. The molecule has 2 aliphatic carbocycles. The molecule has 3 atom stereocenters. The van der Waals surface area contributed by atoms with Crippen LogP contribution in [0.3, 0.4) is 0 Å². The van der Waals surface area contributed by atoms with Gasteiger partial charge in [-0.1, -0.05) is 72.6 Å². The lowest BCUT2D eigenvalue weighted by Crippen LogP contribution is -2.37. The predicted octanol–water partition coefficient (Wildman–Crippen LogP) is 6.01. The minimum atomic E-state index is -1.54. The summed E-state index contributed by atoms with van der Waals surface area (Å²) in [5, 5.41) is 11.2. The first-order valence-corrected chi connectivity index (χ1v) is 10.1. The average molecular weight is 445 g/mol. The third-order valence-corrected chi connectivity index (χ3v) is 6.71. The van der Waals surface area contributed by atoms with Crippen LogP contribution < -0.4 is 5.56 Å². The number of aromatic nitrogens is 1. The van der Waals surface area contributed by atoms with Crippen molar-refractivity contribution in [2.75, 3.05) is 0 Å². The normalized spacial score (nSPS) is 27.5. The number of allylic oxidation sites excluding steroid dienone is 6. The summed E-state index contributed by atoms with van der Waals surface area (Å²) in [6.45, 7) is 5.43. The third kappa shape index (κ3) is 3.70. The van der Waals surface area contributed by atoms with Gasteiger partial charge < -0.3 is 5.11 Å². The molecule has 3 nitrogen and oxygen atoms in total. The Labute approximate surface area is 178 Å². The minimum Gasteiger partial charge on any atom is -0.512 e. The molecule has 1 N–H and O–H groups in total. The van der Waals surface area contributed by atoms with Crippen molar-refractivity contribution < 1.29 is 9.50 Å². The van der Waals surface area contributed by atoms with E-state index in [2.05, 4.69) is 6.58 Å². The second kappa shape index (κ2) is 7.74. The van der Waals surface area contributed by atoms with E-state index in [-0.39, 0.29) is 24.2 Å². The number of fused-ring (bicyclic) bond motifs is 1. The molecule has 0 bridgehead atoms. The van der Waals surface area contributed by atoms with E-state index in [0.29, 0.717) is 17.1 Å². The minimum absolute atomic E-state index is 0.0285. The van der Waals surface area contributed by atoms with Gasteiger partial charge in [0.15, 0.2) is 0 Å². The fraction of sp³-hybridized carbons (Fsp3) is 0.381. The summed E-state index contributed by atoms with van der Waals surface area (Å²) in [6.07, 6.45) is 7.47. The summed E-state index contributed by atoms with van der Waals surface area (Å²) in [7, 11) is 0. The molecule has 0 saturated heterocycles. The molecule has 0 saturated carbocycles. The molecule has 28 heavy (non-hydrogen) atoms. The first-order valence-electron chi connectivity index (χ1n) is 8.93. The topological polar surface area (TPSA) is 42.2 Å². The summed E-state index contributed by atoms with van der Waals surface area (Å²) < 4.78 is 13.6.